The van der Waals surface area contributed by atoms with Gasteiger partial charge in [0.2, 0.25) is 11.8 Å². The van der Waals surface area contributed by atoms with Crippen LogP contribution in [0.25, 0.3) is 22.3 Å². The zero-order valence-corrected chi connectivity index (χ0v) is 34.8. The van der Waals surface area contributed by atoms with Crippen LogP contribution in [0.2, 0.25) is 0 Å². The number of carbonyl (C=O) groups is 4. The number of benzene rings is 1. The van der Waals surface area contributed by atoms with Crippen molar-refractivity contribution in [2.45, 2.75) is 120 Å². The van der Waals surface area contributed by atoms with Crippen molar-refractivity contribution in [1.29, 1.82) is 0 Å². The summed E-state index contributed by atoms with van der Waals surface area (Å²) in [6.07, 6.45) is 9.92. The predicted octanol–water partition coefficient (Wildman–Crippen LogP) is 5.12. The normalized spacial score (nSPS) is 25.4. The van der Waals surface area contributed by atoms with Gasteiger partial charge in [-0.3, -0.25) is 19.7 Å². The Morgan fingerprint density at radius 1 is 1.02 bits per heavy atom. The quantitative estimate of drug-likeness (QED) is 0.131. The number of hydrogen-bond acceptors (Lipinski definition) is 14. The van der Waals surface area contributed by atoms with Crippen molar-refractivity contribution in [3.63, 3.8) is 0 Å². The number of thiazole rings is 1. The molecule has 4 aromatic rings. The summed E-state index contributed by atoms with van der Waals surface area (Å²) in [5.41, 5.74) is 0.536. The number of anilines is 2. The number of methoxy groups -OCH3 is 1. The van der Waals surface area contributed by atoms with Gasteiger partial charge in [0.05, 0.1) is 24.9 Å². The molecule has 60 heavy (non-hydrogen) atoms. The molecule has 0 spiro atoms. The summed E-state index contributed by atoms with van der Waals surface area (Å²) in [6, 6.07) is 5.53. The minimum absolute atomic E-state index is 0.0229. The maximum Gasteiger partial charge on any atom is 0.408 e. The Morgan fingerprint density at radius 2 is 1.85 bits per heavy atom. The molecule has 5 N–H and O–H groups in total. The Balaban J connectivity index is 1.11. The number of pyridine rings is 1. The first-order valence-corrected chi connectivity index (χ1v) is 21.7. The number of nitrogens with zero attached hydrogens (tertiary/aromatic N) is 6. The van der Waals surface area contributed by atoms with Gasteiger partial charge in [0.15, 0.2) is 5.13 Å². The molecule has 1 aromatic carbocycles. The van der Waals surface area contributed by atoms with E-state index in [1.165, 1.54) is 16.2 Å². The fraction of sp³-hybridized carbons (Fsp3) is 0.537. The smallest absolute Gasteiger partial charge is 0.408 e. The first-order valence-electron chi connectivity index (χ1n) is 20.8. The topological polar surface area (TPSA) is 228 Å². The van der Waals surface area contributed by atoms with E-state index >= 15 is 0 Å². The number of allylic oxidation sites excluding steroid dienone is 1. The number of fused-ring (bicyclic) bond motifs is 3. The lowest BCUT2D eigenvalue weighted by atomic mass is 10.0. The summed E-state index contributed by atoms with van der Waals surface area (Å²) in [7, 11) is 1.59. The molecule has 5 atom stereocenters. The van der Waals surface area contributed by atoms with Crippen LogP contribution in [0.4, 0.5) is 15.9 Å². The van der Waals surface area contributed by atoms with E-state index in [9.17, 15) is 19.2 Å². The summed E-state index contributed by atoms with van der Waals surface area (Å²) in [6.45, 7) is 4.12. The number of tetrazole rings is 1. The van der Waals surface area contributed by atoms with Crippen molar-refractivity contribution in [3.05, 3.63) is 41.8 Å². The average Bonchev–Trinajstić information content (AvgIpc) is 3.88. The van der Waals surface area contributed by atoms with E-state index < -0.39 is 47.5 Å². The summed E-state index contributed by atoms with van der Waals surface area (Å²) in [5.74, 6) is -0.650. The van der Waals surface area contributed by atoms with Crippen molar-refractivity contribution in [3.8, 4) is 22.9 Å². The second-order valence-electron chi connectivity index (χ2n) is 16.2. The van der Waals surface area contributed by atoms with E-state index in [0.29, 0.717) is 53.1 Å². The zero-order chi connectivity index (χ0) is 41.8. The SMILES string of the molecule is COc1ccc2c(O[C@@H]3C[C@H]4C(=O)N[C@]5(C(=O)Nc6nn[nH]n6)CC5/C=C\CCCCC[C@H](NC(=O)OC5CCCC5)C(=O)N4C3)cc(-c3csc(NC(C)C)n3)nc2c1. The van der Waals surface area contributed by atoms with Gasteiger partial charge in [-0.15, -0.1) is 16.4 Å². The highest BCUT2D eigenvalue weighted by Gasteiger charge is 2.61. The Labute approximate surface area is 351 Å². The standard InChI is InChI=1S/C41H51N11O7S/c1-23(2)42-39-44-32(22-60-39)31-19-34(28-16-15-26(57-3)17-30(28)43-31)58-27-18-33-35(53)47-41(37(55)46-38-48-50-51-49-38)20-24(41)11-7-5-4-6-8-14-29(36(54)52(33)21-27)45-40(56)59-25-12-9-10-13-25/h7,11,15-17,19,22-25,27,29,33H,4-6,8-10,12-14,18,20-21H2,1-3H3,(H,42,44)(H,45,56)(H,47,53)(H2,46,48,49,50,51,55)/b11-7-/t24?,27-,29+,33+,41-/m1/s1. The lowest BCUT2D eigenvalue weighted by Gasteiger charge is -2.30. The Morgan fingerprint density at radius 3 is 2.63 bits per heavy atom. The molecule has 2 aliphatic heterocycles. The molecule has 19 heteroatoms. The Hall–Kier alpha value is -5.85. The van der Waals surface area contributed by atoms with Crippen molar-refractivity contribution in [1.82, 2.24) is 46.1 Å². The highest BCUT2D eigenvalue weighted by molar-refractivity contribution is 7.14. The molecule has 18 nitrogen and oxygen atoms in total. The third-order valence-electron chi connectivity index (χ3n) is 11.5. The van der Waals surface area contributed by atoms with Crippen LogP contribution in [-0.4, -0.2) is 109 Å². The van der Waals surface area contributed by atoms with Gasteiger partial charge in [0.1, 0.15) is 47.0 Å². The summed E-state index contributed by atoms with van der Waals surface area (Å²) in [5, 5.41) is 28.9. The number of aromatic amines is 1. The lowest BCUT2D eigenvalue weighted by molar-refractivity contribution is -0.141. The number of amides is 4. The van der Waals surface area contributed by atoms with Gasteiger partial charge < -0.3 is 35.1 Å². The fourth-order valence-electron chi connectivity index (χ4n) is 8.34. The average molecular weight is 842 g/mol. The van der Waals surface area contributed by atoms with E-state index in [1.807, 2.05) is 55.6 Å². The molecule has 1 unspecified atom stereocenters. The van der Waals surface area contributed by atoms with Crippen LogP contribution in [0.15, 0.2) is 41.8 Å². The number of rotatable bonds is 10. The van der Waals surface area contributed by atoms with E-state index in [-0.39, 0.29) is 37.0 Å². The number of nitrogens with one attached hydrogen (secondary N) is 5. The maximum atomic E-state index is 14.8. The van der Waals surface area contributed by atoms with Crippen molar-refractivity contribution >= 4 is 57.1 Å². The Kier molecular flexibility index (Phi) is 12.1. The second-order valence-corrected chi connectivity index (χ2v) is 17.1. The number of aromatic nitrogens is 6. The van der Waals surface area contributed by atoms with Gasteiger partial charge in [0.25, 0.3) is 11.9 Å². The van der Waals surface area contributed by atoms with Crippen LogP contribution in [-0.2, 0) is 19.1 Å². The molecule has 8 rings (SSSR count). The van der Waals surface area contributed by atoms with E-state index in [4.69, 9.17) is 24.2 Å². The van der Waals surface area contributed by atoms with E-state index in [2.05, 4.69) is 41.9 Å². The van der Waals surface area contributed by atoms with Crippen LogP contribution in [0, 0.1) is 5.92 Å². The van der Waals surface area contributed by atoms with Gasteiger partial charge in [-0.1, -0.05) is 30.1 Å². The third-order valence-corrected chi connectivity index (χ3v) is 12.3. The molecule has 4 aliphatic rings. The first-order chi connectivity index (χ1) is 29.1. The van der Waals surface area contributed by atoms with Crippen molar-refractivity contribution in [2.24, 2.45) is 5.92 Å². The summed E-state index contributed by atoms with van der Waals surface area (Å²) >= 11 is 1.47. The van der Waals surface area contributed by atoms with Gasteiger partial charge >= 0.3 is 6.09 Å². The molecule has 0 radical (unpaired) electrons. The van der Waals surface area contributed by atoms with Gasteiger partial charge in [-0.05, 0) is 82.6 Å². The predicted molar refractivity (Wildman–Crippen MR) is 222 cm³/mol. The lowest BCUT2D eigenvalue weighted by Crippen LogP contribution is -2.57. The monoisotopic (exact) mass is 841 g/mol. The van der Waals surface area contributed by atoms with Crippen molar-refractivity contribution < 1.29 is 33.4 Å². The molecule has 318 valence electrons. The number of ether oxygens (including phenoxy) is 3. The molecule has 3 aromatic heterocycles. The Bertz CT molecular complexity index is 2230. The van der Waals surface area contributed by atoms with Crippen LogP contribution < -0.4 is 30.7 Å². The minimum Gasteiger partial charge on any atom is -0.497 e. The molecule has 0 bridgehead atoms. The fourth-order valence-corrected chi connectivity index (χ4v) is 9.19. The van der Waals surface area contributed by atoms with Gasteiger partial charge in [-0.25, -0.2) is 14.8 Å². The van der Waals surface area contributed by atoms with Gasteiger partial charge in [0, 0.05) is 41.3 Å². The first kappa shape index (κ1) is 40.9. The number of alkyl carbamates (subject to hydrolysis) is 1. The molecule has 5 heterocycles. The van der Waals surface area contributed by atoms with Crippen LogP contribution in [0.5, 0.6) is 11.5 Å². The third kappa shape index (κ3) is 9.14. The molecule has 2 saturated carbocycles. The van der Waals surface area contributed by atoms with E-state index in [1.54, 1.807) is 7.11 Å². The number of H-pyrrole nitrogens is 1. The van der Waals surface area contributed by atoms with E-state index in [0.717, 1.165) is 50.1 Å². The molecule has 4 amide bonds. The molecular formula is C41H51N11O7S. The molecular weight excluding hydrogens is 791 g/mol. The molecule has 2 aliphatic carbocycles. The second kappa shape index (κ2) is 17.8. The number of hydrogen-bond donors (Lipinski definition) is 5. The van der Waals surface area contributed by atoms with Crippen LogP contribution in [0.3, 0.4) is 0 Å². The van der Waals surface area contributed by atoms with Crippen LogP contribution in [0.1, 0.15) is 84.5 Å². The summed E-state index contributed by atoms with van der Waals surface area (Å²) < 4.78 is 18.1. The van der Waals surface area contributed by atoms with Crippen LogP contribution >= 0.6 is 11.3 Å². The largest absolute Gasteiger partial charge is 0.497 e. The van der Waals surface area contributed by atoms with Gasteiger partial charge in [-0.2, -0.15) is 5.21 Å². The van der Waals surface area contributed by atoms with Crippen molar-refractivity contribution in [2.75, 3.05) is 24.3 Å². The number of carbonyl (C=O) groups excluding carboxylic acids is 4. The highest BCUT2D eigenvalue weighted by atomic mass is 32.1. The maximum absolute atomic E-state index is 14.8. The minimum atomic E-state index is -1.31. The highest BCUT2D eigenvalue weighted by Crippen LogP contribution is 2.46. The zero-order valence-electron chi connectivity index (χ0n) is 33.9. The molecule has 3 fully saturated rings. The molecule has 1 saturated heterocycles. The summed E-state index contributed by atoms with van der Waals surface area (Å²) in [4.78, 5) is 67.7.